The van der Waals surface area contributed by atoms with Crippen LogP contribution >= 0.6 is 16.1 Å². The van der Waals surface area contributed by atoms with Gasteiger partial charge in [0.05, 0.1) is 24.3 Å². The Morgan fingerprint density at radius 2 is 0.621 bits per heavy atom. The van der Waals surface area contributed by atoms with E-state index in [-0.39, 0.29) is 50.6 Å². The standard InChI is InChI=1S/C55H48N2O7P2/c1-35-8-20-41(21-9-35)50(58)56(65(52(60)43-24-12-37(3)13-25-43)53(61)44-26-14-38(4)15-27-44)47-32-33-48(49(34-47)64-7)57(51(59)42-22-10-36(2)11-23-42)66(54(62)45-28-16-39(5)17-29-45)55(63)46-30-18-40(6)19-31-46/h8-34H,1-7H3/q+2. The molecule has 0 unspecified atom stereocenters. The molecule has 0 aliphatic heterocycles. The van der Waals surface area contributed by atoms with Crippen LogP contribution in [0.2, 0.25) is 0 Å². The van der Waals surface area contributed by atoms with Crippen LogP contribution in [0, 0.1) is 41.5 Å². The smallest absolute Gasteiger partial charge is 0.421 e. The van der Waals surface area contributed by atoms with Crippen LogP contribution in [0.15, 0.2) is 170 Å². The van der Waals surface area contributed by atoms with Crippen molar-refractivity contribution in [3.63, 3.8) is 0 Å². The summed E-state index contributed by atoms with van der Waals surface area (Å²) in [4.78, 5) is 90.2. The summed E-state index contributed by atoms with van der Waals surface area (Å²) in [5, 5.41) is 0. The fourth-order valence-corrected chi connectivity index (χ4v) is 11.1. The molecule has 328 valence electrons. The number of methoxy groups -OCH3 is 1. The Hall–Kier alpha value is -7.18. The molecule has 0 heterocycles. The molecule has 6 aromatic rings. The van der Waals surface area contributed by atoms with E-state index in [0.29, 0.717) is 0 Å². The highest BCUT2D eigenvalue weighted by atomic mass is 31.1. The van der Waals surface area contributed by atoms with E-state index < -0.39 is 50.1 Å². The molecule has 0 aromatic heterocycles. The number of amides is 2. The second-order valence-corrected chi connectivity index (χ2v) is 19.8. The average Bonchev–Trinajstić information content (AvgIpc) is 3.32. The van der Waals surface area contributed by atoms with E-state index in [1.807, 2.05) is 41.5 Å². The van der Waals surface area contributed by atoms with Gasteiger partial charge in [0.15, 0.2) is 5.76 Å². The minimum absolute atomic E-state index is 0.00361. The number of hydrogen-bond acceptors (Lipinski definition) is 7. The summed E-state index contributed by atoms with van der Waals surface area (Å²) in [6.07, 6.45) is 4.48. The molecule has 0 fully saturated rings. The van der Waals surface area contributed by atoms with Crippen LogP contribution in [-0.2, 0) is 4.74 Å². The third-order valence-corrected chi connectivity index (χ3v) is 15.2. The molecule has 0 atom stereocenters. The van der Waals surface area contributed by atoms with Gasteiger partial charge in [-0.15, -0.1) is 8.69 Å². The molecule has 1 aliphatic rings. The van der Waals surface area contributed by atoms with E-state index in [1.54, 1.807) is 146 Å². The third kappa shape index (κ3) is 10.2. The van der Waals surface area contributed by atoms with Crippen molar-refractivity contribution in [3.8, 4) is 0 Å². The molecule has 0 bridgehead atoms. The SMILES string of the molecule is COC1=CC(=[N+](C(=O)c2ccc(C)cc2)P(C(=O)c2ccc(C)cc2)C(=O)c2ccc(C)cc2)C=CC1=[N+](C(=O)c1ccc(C)cc1)P(C(=O)c1ccc(C)cc1)C(=O)c1ccc(C)cc1. The molecule has 2 amide bonds. The summed E-state index contributed by atoms with van der Waals surface area (Å²) in [6.45, 7) is 11.3. The zero-order chi connectivity index (χ0) is 47.2. The molecular weight excluding hydrogens is 863 g/mol. The number of nitrogens with zero attached hydrogens (tertiary/aromatic N) is 2. The van der Waals surface area contributed by atoms with Gasteiger partial charge in [-0.05, 0) is 65.8 Å². The van der Waals surface area contributed by atoms with Crippen LogP contribution in [0.4, 0.5) is 0 Å². The summed E-state index contributed by atoms with van der Waals surface area (Å²) < 4.78 is 8.49. The van der Waals surface area contributed by atoms with Crippen molar-refractivity contribution in [2.75, 3.05) is 7.11 Å². The van der Waals surface area contributed by atoms with Crippen LogP contribution in [0.3, 0.4) is 0 Å². The van der Waals surface area contributed by atoms with Gasteiger partial charge in [-0.1, -0.05) is 155 Å². The monoisotopic (exact) mass is 910 g/mol. The molecule has 0 saturated carbocycles. The molecule has 1 aliphatic carbocycles. The molecular formula is C55H48N2O7P2+2. The van der Waals surface area contributed by atoms with Crippen molar-refractivity contribution in [2.24, 2.45) is 0 Å². The zero-order valence-electron chi connectivity index (χ0n) is 37.7. The summed E-state index contributed by atoms with van der Waals surface area (Å²) in [5.41, 5.74) is 4.65. The molecule has 6 aromatic carbocycles. The largest absolute Gasteiger partial charge is 0.490 e. The van der Waals surface area contributed by atoms with Crippen LogP contribution in [0.25, 0.3) is 0 Å². The van der Waals surface area contributed by atoms with Crippen LogP contribution < -0.4 is 0 Å². The Morgan fingerprint density at radius 1 is 0.364 bits per heavy atom. The number of ether oxygens (including phenoxy) is 1. The van der Waals surface area contributed by atoms with E-state index in [1.165, 1.54) is 34.0 Å². The summed E-state index contributed by atoms with van der Waals surface area (Å²) in [5.74, 6) is -1.28. The molecule has 11 heteroatoms. The van der Waals surface area contributed by atoms with Crippen molar-refractivity contribution in [1.82, 2.24) is 0 Å². The minimum atomic E-state index is -2.72. The Bertz CT molecular complexity index is 2900. The Labute approximate surface area is 387 Å². The summed E-state index contributed by atoms with van der Waals surface area (Å²) in [6, 6.07) is 40.9. The van der Waals surface area contributed by atoms with E-state index in [9.17, 15) is 19.2 Å². The van der Waals surface area contributed by atoms with Gasteiger partial charge < -0.3 is 4.74 Å². The van der Waals surface area contributed by atoms with Gasteiger partial charge in [0.1, 0.15) is 0 Å². The maximum absolute atomic E-state index is 15.2. The lowest BCUT2D eigenvalue weighted by molar-refractivity contribution is -0.255. The summed E-state index contributed by atoms with van der Waals surface area (Å²) in [7, 11) is -4.05. The molecule has 0 spiro atoms. The number of allylic oxidation sites excluding steroid dienone is 3. The van der Waals surface area contributed by atoms with Crippen molar-refractivity contribution in [2.45, 2.75) is 41.5 Å². The lowest BCUT2D eigenvalue weighted by Crippen LogP contribution is -2.33. The number of carbonyl (C=O) groups is 6. The first-order valence-corrected chi connectivity index (χ1v) is 23.8. The first kappa shape index (κ1) is 46.8. The zero-order valence-corrected chi connectivity index (χ0v) is 39.5. The van der Waals surface area contributed by atoms with Crippen LogP contribution in [-0.4, -0.2) is 61.1 Å². The van der Waals surface area contributed by atoms with Crippen LogP contribution in [0.1, 0.15) is 95.5 Å². The van der Waals surface area contributed by atoms with Gasteiger partial charge in [-0.25, -0.2) is 9.59 Å². The minimum Gasteiger partial charge on any atom is -0.490 e. The lowest BCUT2D eigenvalue weighted by Gasteiger charge is -2.18. The van der Waals surface area contributed by atoms with E-state index in [2.05, 4.69) is 0 Å². The molecule has 0 radical (unpaired) electrons. The summed E-state index contributed by atoms with van der Waals surface area (Å²) >= 11 is 0. The lowest BCUT2D eigenvalue weighted by atomic mass is 10.1. The quantitative estimate of drug-likeness (QED) is 0.0836. The normalized spacial score (nSPS) is 13.8. The van der Waals surface area contributed by atoms with E-state index in [0.717, 1.165) is 33.4 Å². The number of carbonyl (C=O) groups excluding carboxylic acids is 6. The molecule has 7 rings (SSSR count). The van der Waals surface area contributed by atoms with Gasteiger partial charge in [-0.2, -0.15) is 0 Å². The van der Waals surface area contributed by atoms with E-state index in [4.69, 9.17) is 4.74 Å². The van der Waals surface area contributed by atoms with Gasteiger partial charge in [0.25, 0.3) is 27.8 Å². The van der Waals surface area contributed by atoms with Crippen molar-refractivity contribution < 1.29 is 42.2 Å². The Morgan fingerprint density at radius 3 is 0.909 bits per heavy atom. The second-order valence-electron chi connectivity index (χ2n) is 16.1. The fraction of sp³-hybridized carbons (Fsp3) is 0.127. The highest BCUT2D eigenvalue weighted by Crippen LogP contribution is 2.48. The van der Waals surface area contributed by atoms with Crippen molar-refractivity contribution in [3.05, 3.63) is 236 Å². The average molecular weight is 911 g/mol. The Balaban J connectivity index is 1.53. The van der Waals surface area contributed by atoms with Gasteiger partial charge in [0, 0.05) is 34.4 Å². The molecule has 0 saturated heterocycles. The highest BCUT2D eigenvalue weighted by molar-refractivity contribution is 7.86. The number of rotatable bonds is 13. The maximum atomic E-state index is 15.2. The van der Waals surface area contributed by atoms with Crippen molar-refractivity contribution in [1.29, 1.82) is 0 Å². The topological polar surface area (TPSA) is 118 Å². The predicted molar refractivity (Wildman–Crippen MR) is 262 cm³/mol. The van der Waals surface area contributed by atoms with Gasteiger partial charge in [0.2, 0.25) is 5.71 Å². The first-order valence-electron chi connectivity index (χ1n) is 21.2. The number of aryl methyl sites for hydroxylation is 6. The fourth-order valence-electron chi connectivity index (χ4n) is 7.06. The maximum Gasteiger partial charge on any atom is 0.421 e. The first-order chi connectivity index (χ1) is 31.6. The van der Waals surface area contributed by atoms with Crippen molar-refractivity contribution >= 4 is 61.5 Å². The second kappa shape index (κ2) is 20.3. The highest BCUT2D eigenvalue weighted by Gasteiger charge is 2.50. The Kier molecular flexibility index (Phi) is 14.4. The predicted octanol–water partition coefficient (Wildman–Crippen LogP) is 11.7. The molecule has 9 nitrogen and oxygen atoms in total. The molecule has 0 N–H and O–H groups in total. The number of benzene rings is 6. The van der Waals surface area contributed by atoms with Crippen LogP contribution in [0.5, 0.6) is 0 Å². The third-order valence-electron chi connectivity index (χ3n) is 11.0. The number of hydrogen-bond donors (Lipinski definition) is 0. The van der Waals surface area contributed by atoms with Gasteiger partial charge in [-0.3, -0.25) is 19.2 Å². The van der Waals surface area contributed by atoms with Gasteiger partial charge >= 0.3 is 28.0 Å². The van der Waals surface area contributed by atoms with E-state index >= 15 is 9.59 Å². The molecule has 66 heavy (non-hydrogen) atoms.